The van der Waals surface area contributed by atoms with E-state index in [2.05, 4.69) is 29.2 Å². The molecule has 1 amide bonds. The third kappa shape index (κ3) is 4.24. The van der Waals surface area contributed by atoms with Gasteiger partial charge in [-0.2, -0.15) is 0 Å². The van der Waals surface area contributed by atoms with Crippen LogP contribution in [0.25, 0.3) is 0 Å². The Bertz CT molecular complexity index is 802. The molecule has 27 heavy (non-hydrogen) atoms. The molecule has 0 unspecified atom stereocenters. The number of esters is 1. The fourth-order valence-electron chi connectivity index (χ4n) is 3.92. The maximum atomic E-state index is 13.1. The zero-order valence-corrected chi connectivity index (χ0v) is 16.4. The summed E-state index contributed by atoms with van der Waals surface area (Å²) in [6.07, 6.45) is 3.08. The summed E-state index contributed by atoms with van der Waals surface area (Å²) in [7, 11) is 0. The SMILES string of the molecule is CCOC(=O)c1[nH]c(C)c(C(=O)N2CCC(Cc3ccccc3)CC2)c1C. The number of benzene rings is 1. The largest absolute Gasteiger partial charge is 0.461 e. The molecule has 0 atom stereocenters. The van der Waals surface area contributed by atoms with Crippen LogP contribution in [0.1, 0.15) is 57.4 Å². The number of likely N-dealkylation sites (tertiary alicyclic amines) is 1. The highest BCUT2D eigenvalue weighted by Crippen LogP contribution is 2.26. The average Bonchev–Trinajstić information content (AvgIpc) is 2.97. The van der Waals surface area contributed by atoms with Crippen molar-refractivity contribution >= 4 is 11.9 Å². The van der Waals surface area contributed by atoms with Crippen LogP contribution in [0, 0.1) is 19.8 Å². The summed E-state index contributed by atoms with van der Waals surface area (Å²) in [5.41, 5.74) is 3.77. The fraction of sp³-hybridized carbons (Fsp3) is 0.455. The molecule has 5 nitrogen and oxygen atoms in total. The summed E-state index contributed by atoms with van der Waals surface area (Å²) in [6.45, 7) is 7.25. The molecule has 2 aromatic rings. The third-order valence-electron chi connectivity index (χ3n) is 5.40. The Morgan fingerprint density at radius 1 is 1.15 bits per heavy atom. The second-order valence-corrected chi connectivity index (χ2v) is 7.27. The number of rotatable bonds is 5. The van der Waals surface area contributed by atoms with Crippen LogP contribution in [-0.2, 0) is 11.2 Å². The van der Waals surface area contributed by atoms with E-state index in [9.17, 15) is 9.59 Å². The smallest absolute Gasteiger partial charge is 0.355 e. The van der Waals surface area contributed by atoms with Gasteiger partial charge in [0.1, 0.15) is 5.69 Å². The van der Waals surface area contributed by atoms with E-state index >= 15 is 0 Å². The number of aryl methyl sites for hydroxylation is 1. The molecule has 3 rings (SSSR count). The molecule has 1 aromatic carbocycles. The molecule has 1 aromatic heterocycles. The molecule has 5 heteroatoms. The van der Waals surface area contributed by atoms with Crippen molar-refractivity contribution in [2.45, 2.75) is 40.0 Å². The molecule has 1 fully saturated rings. The minimum absolute atomic E-state index is 0.00922. The Morgan fingerprint density at radius 2 is 1.81 bits per heavy atom. The van der Waals surface area contributed by atoms with Crippen molar-refractivity contribution in [1.29, 1.82) is 0 Å². The number of ether oxygens (including phenoxy) is 1. The summed E-state index contributed by atoms with van der Waals surface area (Å²) in [5, 5.41) is 0. The van der Waals surface area contributed by atoms with Gasteiger partial charge in [-0.3, -0.25) is 4.79 Å². The predicted octanol–water partition coefficient (Wildman–Crippen LogP) is 3.90. The van der Waals surface area contributed by atoms with Gasteiger partial charge in [-0.05, 0) is 57.1 Å². The standard InChI is InChI=1S/C22H28N2O3/c1-4-27-22(26)20-15(2)19(16(3)23-20)21(25)24-12-10-18(11-13-24)14-17-8-6-5-7-9-17/h5-9,18,23H,4,10-14H2,1-3H3. The molecule has 1 N–H and O–H groups in total. The van der Waals surface area contributed by atoms with Gasteiger partial charge in [0.25, 0.3) is 5.91 Å². The third-order valence-corrected chi connectivity index (χ3v) is 5.40. The number of hydrogen-bond donors (Lipinski definition) is 1. The Hall–Kier alpha value is -2.56. The summed E-state index contributed by atoms with van der Waals surface area (Å²) >= 11 is 0. The number of aromatic amines is 1. The van der Waals surface area contributed by atoms with Gasteiger partial charge in [-0.15, -0.1) is 0 Å². The zero-order chi connectivity index (χ0) is 19.4. The second kappa shape index (κ2) is 8.42. The number of nitrogens with zero attached hydrogens (tertiary/aromatic N) is 1. The highest BCUT2D eigenvalue weighted by Gasteiger charge is 2.29. The Labute approximate surface area is 160 Å². The topological polar surface area (TPSA) is 62.4 Å². The van der Waals surface area contributed by atoms with Gasteiger partial charge in [-0.1, -0.05) is 30.3 Å². The van der Waals surface area contributed by atoms with Crippen LogP contribution in [0.3, 0.4) is 0 Å². The summed E-state index contributed by atoms with van der Waals surface area (Å²) < 4.78 is 5.08. The number of piperidine rings is 1. The lowest BCUT2D eigenvalue weighted by molar-refractivity contribution is 0.0519. The lowest BCUT2D eigenvalue weighted by Crippen LogP contribution is -2.39. The van der Waals surface area contributed by atoms with E-state index in [1.807, 2.05) is 24.8 Å². The molecule has 0 spiro atoms. The van der Waals surface area contributed by atoms with Crippen LogP contribution in [0.2, 0.25) is 0 Å². The van der Waals surface area contributed by atoms with Crippen molar-refractivity contribution in [3.63, 3.8) is 0 Å². The van der Waals surface area contributed by atoms with Gasteiger partial charge in [0, 0.05) is 18.8 Å². The number of nitrogens with one attached hydrogen (secondary N) is 1. The maximum absolute atomic E-state index is 13.1. The highest BCUT2D eigenvalue weighted by molar-refractivity contribution is 6.01. The highest BCUT2D eigenvalue weighted by atomic mass is 16.5. The maximum Gasteiger partial charge on any atom is 0.355 e. The molecule has 1 aliphatic heterocycles. The Morgan fingerprint density at radius 3 is 2.44 bits per heavy atom. The van der Waals surface area contributed by atoms with E-state index in [-0.39, 0.29) is 5.91 Å². The molecular weight excluding hydrogens is 340 g/mol. The quantitative estimate of drug-likeness (QED) is 0.814. The van der Waals surface area contributed by atoms with E-state index in [1.165, 1.54) is 5.56 Å². The first-order valence-corrected chi connectivity index (χ1v) is 9.70. The van der Waals surface area contributed by atoms with Crippen molar-refractivity contribution in [2.24, 2.45) is 5.92 Å². The molecule has 0 saturated carbocycles. The number of amides is 1. The van der Waals surface area contributed by atoms with Crippen LogP contribution < -0.4 is 0 Å². The van der Waals surface area contributed by atoms with Crippen LogP contribution >= 0.6 is 0 Å². The van der Waals surface area contributed by atoms with Gasteiger partial charge >= 0.3 is 5.97 Å². The molecule has 0 radical (unpaired) electrons. The number of hydrogen-bond acceptors (Lipinski definition) is 3. The second-order valence-electron chi connectivity index (χ2n) is 7.27. The Balaban J connectivity index is 1.65. The lowest BCUT2D eigenvalue weighted by atomic mass is 9.90. The molecule has 0 bridgehead atoms. The number of H-pyrrole nitrogens is 1. The lowest BCUT2D eigenvalue weighted by Gasteiger charge is -2.32. The summed E-state index contributed by atoms with van der Waals surface area (Å²) in [4.78, 5) is 30.1. The van der Waals surface area contributed by atoms with Crippen LogP contribution in [-0.4, -0.2) is 41.5 Å². The number of carbonyl (C=O) groups is 2. The fourth-order valence-corrected chi connectivity index (χ4v) is 3.92. The molecule has 1 aliphatic rings. The van der Waals surface area contributed by atoms with E-state index in [4.69, 9.17) is 4.74 Å². The first-order chi connectivity index (χ1) is 13.0. The first kappa shape index (κ1) is 19.2. The van der Waals surface area contributed by atoms with E-state index in [0.717, 1.165) is 38.0 Å². The van der Waals surface area contributed by atoms with Gasteiger partial charge < -0.3 is 14.6 Å². The monoisotopic (exact) mass is 368 g/mol. The molecular formula is C22H28N2O3. The van der Waals surface area contributed by atoms with Gasteiger partial charge in [0.15, 0.2) is 0 Å². The predicted molar refractivity (Wildman–Crippen MR) is 105 cm³/mol. The van der Waals surface area contributed by atoms with Crippen molar-refractivity contribution in [3.05, 3.63) is 58.4 Å². The van der Waals surface area contributed by atoms with Crippen molar-refractivity contribution in [3.8, 4) is 0 Å². The van der Waals surface area contributed by atoms with Gasteiger partial charge in [-0.25, -0.2) is 4.79 Å². The van der Waals surface area contributed by atoms with E-state index in [0.29, 0.717) is 29.3 Å². The number of aromatic nitrogens is 1. The first-order valence-electron chi connectivity index (χ1n) is 9.70. The normalized spacial score (nSPS) is 15.0. The molecule has 0 aliphatic carbocycles. The summed E-state index contributed by atoms with van der Waals surface area (Å²) in [6, 6.07) is 10.5. The minimum Gasteiger partial charge on any atom is -0.461 e. The van der Waals surface area contributed by atoms with Crippen LogP contribution in [0.4, 0.5) is 0 Å². The van der Waals surface area contributed by atoms with Gasteiger partial charge in [0.2, 0.25) is 0 Å². The van der Waals surface area contributed by atoms with E-state index in [1.54, 1.807) is 6.92 Å². The molecule has 144 valence electrons. The van der Waals surface area contributed by atoms with E-state index < -0.39 is 5.97 Å². The number of carbonyl (C=O) groups excluding carboxylic acids is 2. The van der Waals surface area contributed by atoms with Crippen molar-refractivity contribution < 1.29 is 14.3 Å². The average molecular weight is 368 g/mol. The van der Waals surface area contributed by atoms with Crippen LogP contribution in [0.5, 0.6) is 0 Å². The zero-order valence-electron chi connectivity index (χ0n) is 16.4. The summed E-state index contributed by atoms with van der Waals surface area (Å²) in [5.74, 6) is 0.216. The van der Waals surface area contributed by atoms with Crippen LogP contribution in [0.15, 0.2) is 30.3 Å². The van der Waals surface area contributed by atoms with Crippen molar-refractivity contribution in [1.82, 2.24) is 9.88 Å². The molecule has 1 saturated heterocycles. The van der Waals surface area contributed by atoms with Gasteiger partial charge in [0.05, 0.1) is 12.2 Å². The van der Waals surface area contributed by atoms with Crippen molar-refractivity contribution in [2.75, 3.05) is 19.7 Å². The Kier molecular flexibility index (Phi) is 5.99. The molecule has 2 heterocycles. The minimum atomic E-state index is -0.404.